The van der Waals surface area contributed by atoms with Crippen molar-refractivity contribution in [1.29, 1.82) is 0 Å². The summed E-state index contributed by atoms with van der Waals surface area (Å²) in [7, 11) is 0. The summed E-state index contributed by atoms with van der Waals surface area (Å²) in [5.41, 5.74) is 4.37. The molecule has 0 radical (unpaired) electrons. The molecule has 0 aromatic carbocycles. The van der Waals surface area contributed by atoms with Crippen molar-refractivity contribution < 1.29 is 4.79 Å². The number of piperidine rings is 1. The quantitative estimate of drug-likeness (QED) is 0.581. The Labute approximate surface area is 169 Å². The summed E-state index contributed by atoms with van der Waals surface area (Å²) in [5.74, 6) is 2.10. The topological polar surface area (TPSA) is 113 Å². The second kappa shape index (κ2) is 7.86. The fourth-order valence-corrected chi connectivity index (χ4v) is 4.39. The van der Waals surface area contributed by atoms with E-state index in [1.807, 2.05) is 6.07 Å². The summed E-state index contributed by atoms with van der Waals surface area (Å²) in [6, 6.07) is 1.82. The third kappa shape index (κ3) is 3.71. The zero-order valence-corrected chi connectivity index (χ0v) is 16.4. The minimum Gasteiger partial charge on any atom is -0.350 e. The number of carbonyl (C=O) groups excluding carboxylic acids is 1. The first-order valence-corrected chi connectivity index (χ1v) is 10.5. The molecule has 5 rings (SSSR count). The lowest BCUT2D eigenvalue weighted by molar-refractivity contribution is -0.125. The van der Waals surface area contributed by atoms with Gasteiger partial charge < -0.3 is 15.5 Å². The molecule has 2 atom stereocenters. The number of hydrogen-bond donors (Lipinski definition) is 4. The van der Waals surface area contributed by atoms with Crippen molar-refractivity contribution in [2.75, 3.05) is 26.2 Å². The number of hydrogen-bond acceptors (Lipinski definition) is 7. The Kier molecular flexibility index (Phi) is 4.92. The predicted molar refractivity (Wildman–Crippen MR) is 109 cm³/mol. The molecule has 4 aliphatic heterocycles. The van der Waals surface area contributed by atoms with Gasteiger partial charge in [0.15, 0.2) is 5.84 Å². The molecule has 0 aliphatic carbocycles. The van der Waals surface area contributed by atoms with Crippen molar-refractivity contribution in [3.63, 3.8) is 0 Å². The maximum Gasteiger partial charge on any atom is 0.243 e. The maximum atomic E-state index is 13.0. The zero-order chi connectivity index (χ0) is 19.6. The average molecular weight is 397 g/mol. The van der Waals surface area contributed by atoms with Gasteiger partial charge in [-0.2, -0.15) is 10.1 Å². The van der Waals surface area contributed by atoms with E-state index >= 15 is 0 Å². The van der Waals surface area contributed by atoms with Gasteiger partial charge in [0.25, 0.3) is 0 Å². The molecule has 2 saturated heterocycles. The summed E-state index contributed by atoms with van der Waals surface area (Å²) in [6.07, 6.45) is 8.68. The van der Waals surface area contributed by atoms with Crippen LogP contribution in [0.1, 0.15) is 32.1 Å². The Hall–Kier alpha value is -2.88. The predicted octanol–water partition coefficient (Wildman–Crippen LogP) is 0.236. The highest BCUT2D eigenvalue weighted by atomic mass is 16.2. The Balaban J connectivity index is 1.37. The van der Waals surface area contributed by atoms with Gasteiger partial charge in [-0.25, -0.2) is 4.99 Å². The van der Waals surface area contributed by atoms with E-state index in [0.717, 1.165) is 64.0 Å². The van der Waals surface area contributed by atoms with E-state index in [1.54, 1.807) is 6.20 Å². The smallest absolute Gasteiger partial charge is 0.243 e. The van der Waals surface area contributed by atoms with Crippen LogP contribution >= 0.6 is 0 Å². The van der Waals surface area contributed by atoms with Gasteiger partial charge >= 0.3 is 0 Å². The fourth-order valence-electron chi connectivity index (χ4n) is 4.39. The van der Waals surface area contributed by atoms with Crippen LogP contribution in [-0.2, 0) is 4.79 Å². The molecule has 4 N–H and O–H groups in total. The second-order valence-corrected chi connectivity index (χ2v) is 7.86. The molecule has 29 heavy (non-hydrogen) atoms. The number of hydrazine groups is 1. The van der Waals surface area contributed by atoms with Crippen LogP contribution in [0.3, 0.4) is 0 Å². The van der Waals surface area contributed by atoms with E-state index < -0.39 is 0 Å². The summed E-state index contributed by atoms with van der Waals surface area (Å²) >= 11 is 0. The fraction of sp³-hybridized carbons (Fsp3) is 0.579. The van der Waals surface area contributed by atoms with Crippen LogP contribution in [0.5, 0.6) is 0 Å². The molecule has 0 saturated carbocycles. The molecule has 0 bridgehead atoms. The van der Waals surface area contributed by atoms with E-state index in [4.69, 9.17) is 4.99 Å². The molecule has 5 heterocycles. The minimum atomic E-state index is -0.204. The number of aromatic amines is 1. The number of guanidine groups is 1. The van der Waals surface area contributed by atoms with Gasteiger partial charge in [-0.1, -0.05) is 6.08 Å². The van der Waals surface area contributed by atoms with Gasteiger partial charge in [-0.3, -0.25) is 20.3 Å². The van der Waals surface area contributed by atoms with Crippen LogP contribution in [0.15, 0.2) is 34.0 Å². The standard InChI is InChI=1S/C19H27N9O/c29-18(22-13-4-1-8-20-12-13)15-6-2-10-27(15)19-24-17(23-16-7-9-21-25-16)14-5-3-11-28(14)26-19/h5,7,9,13,15,20H,1-4,6,8,10-12H2,(H,22,29)(H2,21,23,24,25,26)/t13?,15-/m0/s1. The van der Waals surface area contributed by atoms with Crippen molar-refractivity contribution in [2.24, 2.45) is 9.98 Å². The third-order valence-corrected chi connectivity index (χ3v) is 5.84. The van der Waals surface area contributed by atoms with Crippen molar-refractivity contribution in [2.45, 2.75) is 44.2 Å². The summed E-state index contributed by atoms with van der Waals surface area (Å²) in [5, 5.41) is 15.5. The molecule has 10 nitrogen and oxygen atoms in total. The number of nitrogens with zero attached hydrogens (tertiary/aromatic N) is 5. The third-order valence-electron chi connectivity index (χ3n) is 5.84. The van der Waals surface area contributed by atoms with Crippen LogP contribution in [0, 0.1) is 0 Å². The number of carbonyl (C=O) groups is 1. The van der Waals surface area contributed by atoms with E-state index in [2.05, 4.69) is 47.2 Å². The highest BCUT2D eigenvalue weighted by molar-refractivity contribution is 6.09. The summed E-state index contributed by atoms with van der Waals surface area (Å²) in [6.45, 7) is 3.54. The number of aliphatic imine (C=N–C) groups is 2. The highest BCUT2D eigenvalue weighted by Gasteiger charge is 2.37. The van der Waals surface area contributed by atoms with Crippen LogP contribution in [-0.4, -0.2) is 76.1 Å². The molecule has 10 heteroatoms. The van der Waals surface area contributed by atoms with Crippen LogP contribution in [0.4, 0.5) is 5.82 Å². The van der Waals surface area contributed by atoms with Crippen molar-refractivity contribution in [3.05, 3.63) is 24.0 Å². The van der Waals surface area contributed by atoms with E-state index in [0.29, 0.717) is 17.6 Å². The molecule has 1 aromatic rings. The Morgan fingerprint density at radius 1 is 1.28 bits per heavy atom. The Bertz CT molecular complexity index is 838. The Morgan fingerprint density at radius 2 is 2.24 bits per heavy atom. The lowest BCUT2D eigenvalue weighted by Gasteiger charge is -2.36. The molecular formula is C19H27N9O. The van der Waals surface area contributed by atoms with Gasteiger partial charge in [-0.05, 0) is 38.6 Å². The van der Waals surface area contributed by atoms with Gasteiger partial charge in [0.1, 0.15) is 11.9 Å². The first-order valence-electron chi connectivity index (χ1n) is 10.5. The Morgan fingerprint density at radius 3 is 3.07 bits per heavy atom. The van der Waals surface area contributed by atoms with Gasteiger partial charge in [-0.15, -0.1) is 0 Å². The zero-order valence-electron chi connectivity index (χ0n) is 16.4. The molecule has 4 aliphatic rings. The van der Waals surface area contributed by atoms with Crippen LogP contribution < -0.4 is 16.1 Å². The van der Waals surface area contributed by atoms with Gasteiger partial charge in [0, 0.05) is 31.7 Å². The number of fused-ring (bicyclic) bond motifs is 1. The van der Waals surface area contributed by atoms with Crippen LogP contribution in [0.2, 0.25) is 0 Å². The highest BCUT2D eigenvalue weighted by Crippen LogP contribution is 2.24. The molecular weight excluding hydrogens is 370 g/mol. The normalized spacial score (nSPS) is 28.1. The number of nitrogens with one attached hydrogen (secondary N) is 4. The van der Waals surface area contributed by atoms with Crippen molar-refractivity contribution >= 4 is 23.5 Å². The SMILES string of the molecule is O=C(NC1CCCNC1)[C@@H]1CCCN1C1=NC(=Nc2ccn[nH]2)C2=CCCN2N1. The molecule has 1 aromatic heterocycles. The number of rotatable bonds is 3. The van der Waals surface area contributed by atoms with Crippen LogP contribution in [0.25, 0.3) is 0 Å². The maximum absolute atomic E-state index is 13.0. The molecule has 1 unspecified atom stereocenters. The van der Waals surface area contributed by atoms with Crippen molar-refractivity contribution in [1.82, 2.24) is 36.2 Å². The van der Waals surface area contributed by atoms with E-state index in [-0.39, 0.29) is 18.0 Å². The largest absolute Gasteiger partial charge is 0.350 e. The molecule has 0 spiro atoms. The van der Waals surface area contributed by atoms with Gasteiger partial charge in [0.2, 0.25) is 11.9 Å². The monoisotopic (exact) mass is 397 g/mol. The second-order valence-electron chi connectivity index (χ2n) is 7.86. The lowest BCUT2D eigenvalue weighted by atomic mass is 10.1. The van der Waals surface area contributed by atoms with E-state index in [1.165, 1.54) is 0 Å². The average Bonchev–Trinajstić information content (AvgIpc) is 3.49. The molecule has 2 fully saturated rings. The molecule has 1 amide bonds. The summed E-state index contributed by atoms with van der Waals surface area (Å²) < 4.78 is 0. The first-order chi connectivity index (χ1) is 14.3. The van der Waals surface area contributed by atoms with E-state index in [9.17, 15) is 4.79 Å². The summed E-state index contributed by atoms with van der Waals surface area (Å²) in [4.78, 5) is 24.5. The van der Waals surface area contributed by atoms with Crippen molar-refractivity contribution in [3.8, 4) is 0 Å². The number of amides is 1. The minimum absolute atomic E-state index is 0.0931. The number of H-pyrrole nitrogens is 1. The number of amidine groups is 1. The number of aromatic nitrogens is 2. The molecule has 154 valence electrons. The first kappa shape index (κ1) is 18.2. The van der Waals surface area contributed by atoms with Gasteiger partial charge in [0.05, 0.1) is 11.9 Å². The number of likely N-dealkylation sites (tertiary alicyclic amines) is 1. The lowest BCUT2D eigenvalue weighted by Crippen LogP contribution is -2.58.